The molecule has 1 heterocycles. The Morgan fingerprint density at radius 1 is 1.20 bits per heavy atom. The third-order valence-corrected chi connectivity index (χ3v) is 7.32. The van der Waals surface area contributed by atoms with Crippen molar-refractivity contribution in [1.82, 2.24) is 10.2 Å². The van der Waals surface area contributed by atoms with Crippen LogP contribution in [0.4, 0.5) is 9.18 Å². The molecule has 3 amide bonds. The van der Waals surface area contributed by atoms with E-state index >= 15 is 0 Å². The van der Waals surface area contributed by atoms with Crippen molar-refractivity contribution in [2.24, 2.45) is 5.92 Å². The van der Waals surface area contributed by atoms with Gasteiger partial charge in [-0.3, -0.25) is 10.1 Å². The molecule has 0 spiro atoms. The first-order valence-electron chi connectivity index (χ1n) is 10.4. The molecule has 1 aliphatic carbocycles. The zero-order valence-electron chi connectivity index (χ0n) is 17.2. The number of rotatable bonds is 12. The summed E-state index contributed by atoms with van der Waals surface area (Å²) in [5, 5.41) is 2.21. The number of hydrogen-bond acceptors (Lipinski definition) is 5. The number of amides is 3. The van der Waals surface area contributed by atoms with Gasteiger partial charge in [-0.25, -0.2) is 17.6 Å². The number of ether oxygens (including phenoxy) is 1. The van der Waals surface area contributed by atoms with Gasteiger partial charge in [-0.2, -0.15) is 0 Å². The largest absolute Gasteiger partial charge is 0.493 e. The lowest BCUT2D eigenvalue weighted by atomic mass is 10.0. The van der Waals surface area contributed by atoms with E-state index in [0.29, 0.717) is 49.6 Å². The lowest BCUT2D eigenvalue weighted by Gasteiger charge is -2.15. The van der Waals surface area contributed by atoms with Crippen molar-refractivity contribution in [3.63, 3.8) is 0 Å². The van der Waals surface area contributed by atoms with E-state index in [1.54, 1.807) is 13.0 Å². The maximum Gasteiger partial charge on any atom is 0.324 e. The molecule has 2 aliphatic rings. The highest BCUT2D eigenvalue weighted by molar-refractivity contribution is 7.91. The standard InChI is InChI=1S/C21H29FN2O5S/c1-15(17-9-18(22)11-19(10-17)29-13-16-5-6-16)14-30(27,28)8-4-2-3-7-24-12-20(25)23-21(24)26/h9-11,15-16H,2-8,12-14H2,1H3,(H,23,25,26)/t15-/m0/s1. The Morgan fingerprint density at radius 2 is 1.97 bits per heavy atom. The van der Waals surface area contributed by atoms with E-state index in [0.717, 1.165) is 12.8 Å². The summed E-state index contributed by atoms with van der Waals surface area (Å²) in [6.45, 7) is 2.85. The Kier molecular flexibility index (Phi) is 7.33. The monoisotopic (exact) mass is 440 g/mol. The molecule has 1 aromatic rings. The number of carbonyl (C=O) groups is 2. The molecule has 0 aromatic heterocycles. The number of carbonyl (C=O) groups excluding carboxylic acids is 2. The van der Waals surface area contributed by atoms with Gasteiger partial charge < -0.3 is 9.64 Å². The van der Waals surface area contributed by atoms with Crippen molar-refractivity contribution < 1.29 is 27.1 Å². The van der Waals surface area contributed by atoms with E-state index in [4.69, 9.17) is 4.74 Å². The predicted molar refractivity (Wildman–Crippen MR) is 111 cm³/mol. The lowest BCUT2D eigenvalue weighted by Crippen LogP contribution is -2.29. The van der Waals surface area contributed by atoms with Crippen molar-refractivity contribution in [3.05, 3.63) is 29.6 Å². The fourth-order valence-corrected chi connectivity index (χ4v) is 5.24. The Morgan fingerprint density at radius 3 is 2.63 bits per heavy atom. The number of halogens is 1. The van der Waals surface area contributed by atoms with E-state index in [9.17, 15) is 22.4 Å². The summed E-state index contributed by atoms with van der Waals surface area (Å²) < 4.78 is 44.5. The third-order valence-electron chi connectivity index (χ3n) is 5.40. The van der Waals surface area contributed by atoms with Gasteiger partial charge in [0.2, 0.25) is 5.91 Å². The molecule has 3 rings (SSSR count). The van der Waals surface area contributed by atoms with Crippen molar-refractivity contribution in [2.45, 2.75) is 44.9 Å². The van der Waals surface area contributed by atoms with E-state index in [2.05, 4.69) is 5.32 Å². The quantitative estimate of drug-likeness (QED) is 0.399. The fraction of sp³-hybridized carbons (Fsp3) is 0.619. The van der Waals surface area contributed by atoms with E-state index in [1.165, 1.54) is 17.0 Å². The van der Waals surface area contributed by atoms with Gasteiger partial charge in [0.25, 0.3) is 0 Å². The number of unbranched alkanes of at least 4 members (excludes halogenated alkanes) is 2. The van der Waals surface area contributed by atoms with Gasteiger partial charge in [-0.1, -0.05) is 13.3 Å². The van der Waals surface area contributed by atoms with Crippen molar-refractivity contribution in [3.8, 4) is 5.75 Å². The molecule has 30 heavy (non-hydrogen) atoms. The van der Waals surface area contributed by atoms with Crippen LogP contribution in [-0.2, 0) is 14.6 Å². The smallest absolute Gasteiger partial charge is 0.324 e. The Bertz CT molecular complexity index is 885. The molecular formula is C21H29FN2O5S. The first kappa shape index (κ1) is 22.5. The summed E-state index contributed by atoms with van der Waals surface area (Å²) in [4.78, 5) is 24.0. The zero-order valence-corrected chi connectivity index (χ0v) is 18.0. The number of urea groups is 1. The van der Waals surface area contributed by atoms with E-state index in [1.807, 2.05) is 0 Å². The third kappa shape index (κ3) is 6.97. The number of benzene rings is 1. The molecular weight excluding hydrogens is 411 g/mol. The van der Waals surface area contributed by atoms with Gasteiger partial charge in [-0.15, -0.1) is 0 Å². The number of hydrogen-bond donors (Lipinski definition) is 1. The molecule has 1 saturated carbocycles. The van der Waals surface area contributed by atoms with Crippen LogP contribution in [0.2, 0.25) is 0 Å². The van der Waals surface area contributed by atoms with Crippen LogP contribution in [0.15, 0.2) is 18.2 Å². The van der Waals surface area contributed by atoms with Gasteiger partial charge in [0.15, 0.2) is 9.84 Å². The van der Waals surface area contributed by atoms with Crippen LogP contribution in [0.5, 0.6) is 5.75 Å². The van der Waals surface area contributed by atoms with Crippen LogP contribution in [0.3, 0.4) is 0 Å². The second-order valence-electron chi connectivity index (χ2n) is 8.33. The summed E-state index contributed by atoms with van der Waals surface area (Å²) >= 11 is 0. The van der Waals surface area contributed by atoms with Gasteiger partial charge in [-0.05, 0) is 55.2 Å². The van der Waals surface area contributed by atoms with Crippen LogP contribution in [0.1, 0.15) is 50.5 Å². The maximum atomic E-state index is 13.9. The maximum absolute atomic E-state index is 13.9. The highest BCUT2D eigenvalue weighted by Crippen LogP contribution is 2.31. The van der Waals surface area contributed by atoms with Crippen LogP contribution in [0, 0.1) is 11.7 Å². The van der Waals surface area contributed by atoms with Gasteiger partial charge >= 0.3 is 6.03 Å². The Hall–Kier alpha value is -2.16. The Labute approximate surface area is 176 Å². The molecule has 1 aliphatic heterocycles. The molecule has 166 valence electrons. The molecule has 0 bridgehead atoms. The summed E-state index contributed by atoms with van der Waals surface area (Å²) in [5.74, 6) is -0.0830. The van der Waals surface area contributed by atoms with Crippen molar-refractivity contribution >= 4 is 21.8 Å². The SMILES string of the molecule is C[C@@H](CS(=O)(=O)CCCCCN1CC(=O)NC1=O)c1cc(F)cc(OCC2CC2)c1. The summed E-state index contributed by atoms with van der Waals surface area (Å²) in [7, 11) is -3.30. The van der Waals surface area contributed by atoms with Gasteiger partial charge in [0.05, 0.1) is 18.1 Å². The summed E-state index contributed by atoms with van der Waals surface area (Å²) in [5.41, 5.74) is 0.620. The van der Waals surface area contributed by atoms with Crippen LogP contribution in [-0.4, -0.2) is 56.5 Å². The average molecular weight is 441 g/mol. The normalized spacial score (nSPS) is 17.9. The second-order valence-corrected chi connectivity index (χ2v) is 10.6. The highest BCUT2D eigenvalue weighted by Gasteiger charge is 2.26. The second kappa shape index (κ2) is 9.76. The minimum absolute atomic E-state index is 0.0445. The molecule has 2 fully saturated rings. The van der Waals surface area contributed by atoms with E-state index in [-0.39, 0.29) is 29.9 Å². The van der Waals surface area contributed by atoms with Crippen LogP contribution in [0.25, 0.3) is 0 Å². The van der Waals surface area contributed by atoms with Crippen molar-refractivity contribution in [1.29, 1.82) is 0 Å². The molecule has 1 saturated heterocycles. The molecule has 7 nitrogen and oxygen atoms in total. The fourth-order valence-electron chi connectivity index (χ4n) is 3.48. The minimum Gasteiger partial charge on any atom is -0.493 e. The minimum atomic E-state index is -3.30. The van der Waals surface area contributed by atoms with Crippen LogP contribution < -0.4 is 10.1 Å². The molecule has 0 unspecified atom stereocenters. The zero-order chi connectivity index (χ0) is 21.7. The molecule has 1 atom stereocenters. The lowest BCUT2D eigenvalue weighted by molar-refractivity contribution is -0.118. The van der Waals surface area contributed by atoms with E-state index < -0.39 is 21.7 Å². The first-order valence-corrected chi connectivity index (χ1v) is 12.3. The summed E-state index contributed by atoms with van der Waals surface area (Å²) in [6.07, 6.45) is 4.04. The molecule has 1 N–H and O–H groups in total. The topological polar surface area (TPSA) is 92.8 Å². The first-order chi connectivity index (χ1) is 14.2. The molecule has 1 aromatic carbocycles. The van der Waals surface area contributed by atoms with Crippen molar-refractivity contribution in [2.75, 3.05) is 31.2 Å². The van der Waals surface area contributed by atoms with Gasteiger partial charge in [0.1, 0.15) is 18.1 Å². The number of sulfone groups is 1. The molecule has 0 radical (unpaired) electrons. The predicted octanol–water partition coefficient (Wildman–Crippen LogP) is 2.85. The number of nitrogens with zero attached hydrogens (tertiary/aromatic N) is 1. The number of imide groups is 1. The summed E-state index contributed by atoms with van der Waals surface area (Å²) in [6, 6.07) is 4.04. The molecule has 9 heteroatoms. The Balaban J connectivity index is 1.42. The average Bonchev–Trinajstić information content (AvgIpc) is 3.43. The number of nitrogens with one attached hydrogen (secondary N) is 1. The van der Waals surface area contributed by atoms with Crippen LogP contribution >= 0.6 is 0 Å². The van der Waals surface area contributed by atoms with Gasteiger partial charge in [0, 0.05) is 12.6 Å². The highest BCUT2D eigenvalue weighted by atomic mass is 32.2.